The third-order valence-electron chi connectivity index (χ3n) is 3.19. The van der Waals surface area contributed by atoms with Crippen LogP contribution in [-0.4, -0.2) is 17.6 Å². The second kappa shape index (κ2) is 8.03. The second-order valence-corrected chi connectivity index (χ2v) is 5.26. The average molecular weight is 311 g/mol. The van der Waals surface area contributed by atoms with E-state index >= 15 is 0 Å². The fraction of sp³-hybridized carbons (Fsp3) is 0.211. The molecule has 2 rings (SSSR count). The fourth-order valence-corrected chi connectivity index (χ4v) is 1.99. The van der Waals surface area contributed by atoms with Gasteiger partial charge in [0.1, 0.15) is 11.5 Å². The number of aromatic hydroxyl groups is 1. The van der Waals surface area contributed by atoms with Crippen LogP contribution >= 0.6 is 0 Å². The van der Waals surface area contributed by atoms with E-state index in [1.54, 1.807) is 24.3 Å². The summed E-state index contributed by atoms with van der Waals surface area (Å²) in [5, 5.41) is 12.4. The van der Waals surface area contributed by atoms with E-state index in [1.807, 2.05) is 31.2 Å². The first-order valence-electron chi connectivity index (χ1n) is 7.60. The maximum atomic E-state index is 11.9. The molecule has 2 aromatic rings. The summed E-state index contributed by atoms with van der Waals surface area (Å²) in [7, 11) is 0. The molecule has 0 unspecified atom stereocenters. The van der Waals surface area contributed by atoms with E-state index in [0.717, 1.165) is 23.3 Å². The molecule has 4 nitrogen and oxygen atoms in total. The molecule has 0 aliphatic heterocycles. The van der Waals surface area contributed by atoms with Gasteiger partial charge in [-0.2, -0.15) is 0 Å². The van der Waals surface area contributed by atoms with Crippen molar-refractivity contribution in [2.75, 3.05) is 11.9 Å². The fourth-order valence-electron chi connectivity index (χ4n) is 1.99. The van der Waals surface area contributed by atoms with Gasteiger partial charge >= 0.3 is 0 Å². The highest BCUT2D eigenvalue weighted by atomic mass is 16.5. The molecule has 0 atom stereocenters. The number of ether oxygens (including phenoxy) is 1. The first kappa shape index (κ1) is 16.6. The number of nitrogens with one attached hydrogen (secondary N) is 1. The zero-order valence-corrected chi connectivity index (χ0v) is 13.4. The minimum absolute atomic E-state index is 0.0507. The molecule has 0 spiro atoms. The number of anilines is 1. The van der Waals surface area contributed by atoms with Crippen LogP contribution < -0.4 is 10.1 Å². The van der Waals surface area contributed by atoms with E-state index in [1.165, 1.54) is 6.08 Å². The third-order valence-corrected chi connectivity index (χ3v) is 3.19. The monoisotopic (exact) mass is 311 g/mol. The Balaban J connectivity index is 1.96. The van der Waals surface area contributed by atoms with E-state index in [0.29, 0.717) is 12.3 Å². The third kappa shape index (κ3) is 5.18. The molecule has 23 heavy (non-hydrogen) atoms. The Bertz CT molecular complexity index is 690. The highest BCUT2D eigenvalue weighted by molar-refractivity contribution is 6.02. The van der Waals surface area contributed by atoms with Crippen molar-refractivity contribution in [3.05, 3.63) is 59.7 Å². The standard InChI is InChI=1S/C19H21NO3/c1-3-12-23-16-8-5-15(6-9-16)7-11-19(22)20-17-13-14(2)4-10-18(17)21/h4-11,13,21H,3,12H2,1-2H3,(H,20,22)/b11-7+. The lowest BCUT2D eigenvalue weighted by Crippen LogP contribution is -2.08. The van der Waals surface area contributed by atoms with E-state index in [9.17, 15) is 9.90 Å². The van der Waals surface area contributed by atoms with Gasteiger partial charge in [0.15, 0.2) is 0 Å². The molecular formula is C19H21NO3. The predicted octanol–water partition coefficient (Wildman–Crippen LogP) is 4.14. The van der Waals surface area contributed by atoms with Crippen LogP contribution in [0.4, 0.5) is 5.69 Å². The van der Waals surface area contributed by atoms with Crippen LogP contribution in [0.15, 0.2) is 48.5 Å². The summed E-state index contributed by atoms with van der Waals surface area (Å²) in [5.74, 6) is 0.574. The van der Waals surface area contributed by atoms with Crippen LogP contribution in [0.5, 0.6) is 11.5 Å². The normalized spacial score (nSPS) is 10.7. The number of rotatable bonds is 6. The molecule has 120 valence electrons. The molecule has 4 heteroatoms. The molecule has 0 fully saturated rings. The van der Waals surface area contributed by atoms with Gasteiger partial charge < -0.3 is 15.2 Å². The zero-order valence-electron chi connectivity index (χ0n) is 13.4. The van der Waals surface area contributed by atoms with Gasteiger partial charge in [0.25, 0.3) is 0 Å². The van der Waals surface area contributed by atoms with Crippen molar-refractivity contribution in [2.24, 2.45) is 0 Å². The Hall–Kier alpha value is -2.75. The van der Waals surface area contributed by atoms with Gasteiger partial charge in [-0.15, -0.1) is 0 Å². The highest BCUT2D eigenvalue weighted by Gasteiger charge is 2.04. The van der Waals surface area contributed by atoms with Crippen molar-refractivity contribution in [2.45, 2.75) is 20.3 Å². The molecular weight excluding hydrogens is 290 g/mol. The van der Waals surface area contributed by atoms with E-state index in [2.05, 4.69) is 12.2 Å². The molecule has 2 aromatic carbocycles. The van der Waals surface area contributed by atoms with Crippen LogP contribution in [0, 0.1) is 6.92 Å². The van der Waals surface area contributed by atoms with Gasteiger partial charge in [0.2, 0.25) is 5.91 Å². The van der Waals surface area contributed by atoms with Gasteiger partial charge in [-0.3, -0.25) is 4.79 Å². The minimum Gasteiger partial charge on any atom is -0.506 e. The number of carbonyl (C=O) groups is 1. The number of carbonyl (C=O) groups excluding carboxylic acids is 1. The summed E-state index contributed by atoms with van der Waals surface area (Å²) in [5.41, 5.74) is 2.27. The topological polar surface area (TPSA) is 58.6 Å². The predicted molar refractivity (Wildman–Crippen MR) is 92.7 cm³/mol. The molecule has 0 aliphatic carbocycles. The number of phenols is 1. The van der Waals surface area contributed by atoms with Gasteiger partial charge in [-0.05, 0) is 54.8 Å². The Morgan fingerprint density at radius 3 is 2.65 bits per heavy atom. The number of hydrogen-bond donors (Lipinski definition) is 2. The first-order chi connectivity index (χ1) is 11.1. The van der Waals surface area contributed by atoms with Crippen LogP contribution in [0.25, 0.3) is 6.08 Å². The molecule has 0 aromatic heterocycles. The minimum atomic E-state index is -0.294. The number of amides is 1. The molecule has 0 bridgehead atoms. The van der Waals surface area contributed by atoms with Crippen LogP contribution in [0.1, 0.15) is 24.5 Å². The Morgan fingerprint density at radius 2 is 1.96 bits per heavy atom. The van der Waals surface area contributed by atoms with E-state index < -0.39 is 0 Å². The molecule has 0 aliphatic rings. The first-order valence-corrected chi connectivity index (χ1v) is 7.60. The van der Waals surface area contributed by atoms with Crippen LogP contribution in [0.2, 0.25) is 0 Å². The van der Waals surface area contributed by atoms with Gasteiger partial charge in [0.05, 0.1) is 12.3 Å². The largest absolute Gasteiger partial charge is 0.506 e. The zero-order chi connectivity index (χ0) is 16.7. The Labute approximate surface area is 136 Å². The number of hydrogen-bond acceptors (Lipinski definition) is 3. The van der Waals surface area contributed by atoms with E-state index in [-0.39, 0.29) is 11.7 Å². The summed E-state index contributed by atoms with van der Waals surface area (Å²) >= 11 is 0. The summed E-state index contributed by atoms with van der Waals surface area (Å²) in [6, 6.07) is 12.6. The molecule has 0 heterocycles. The molecule has 1 amide bonds. The summed E-state index contributed by atoms with van der Waals surface area (Å²) < 4.78 is 5.51. The van der Waals surface area contributed by atoms with Crippen LogP contribution in [0.3, 0.4) is 0 Å². The van der Waals surface area contributed by atoms with E-state index in [4.69, 9.17) is 4.74 Å². The maximum Gasteiger partial charge on any atom is 0.248 e. The second-order valence-electron chi connectivity index (χ2n) is 5.26. The van der Waals surface area contributed by atoms with Crippen molar-refractivity contribution in [3.63, 3.8) is 0 Å². The Kier molecular flexibility index (Phi) is 5.80. The van der Waals surface area contributed by atoms with Gasteiger partial charge in [-0.1, -0.05) is 25.1 Å². The summed E-state index contributed by atoms with van der Waals surface area (Å²) in [6.45, 7) is 4.65. The van der Waals surface area contributed by atoms with Gasteiger partial charge in [0, 0.05) is 6.08 Å². The quantitative estimate of drug-likeness (QED) is 0.622. The molecule has 2 N–H and O–H groups in total. The lowest BCUT2D eigenvalue weighted by molar-refractivity contribution is -0.111. The lowest BCUT2D eigenvalue weighted by atomic mass is 10.2. The number of phenolic OH excluding ortho intramolecular Hbond substituents is 1. The van der Waals surface area contributed by atoms with Crippen LogP contribution in [-0.2, 0) is 4.79 Å². The highest BCUT2D eigenvalue weighted by Crippen LogP contribution is 2.23. The molecule has 0 saturated carbocycles. The average Bonchev–Trinajstić information content (AvgIpc) is 2.55. The number of aryl methyl sites for hydroxylation is 1. The van der Waals surface area contributed by atoms with Crippen molar-refractivity contribution in [1.82, 2.24) is 0 Å². The maximum absolute atomic E-state index is 11.9. The van der Waals surface area contributed by atoms with Crippen molar-refractivity contribution in [1.29, 1.82) is 0 Å². The summed E-state index contributed by atoms with van der Waals surface area (Å²) in [6.07, 6.45) is 4.11. The van der Waals surface area contributed by atoms with Crippen molar-refractivity contribution < 1.29 is 14.6 Å². The molecule has 0 saturated heterocycles. The van der Waals surface area contributed by atoms with Crippen molar-refractivity contribution >= 4 is 17.7 Å². The lowest BCUT2D eigenvalue weighted by Gasteiger charge is -2.06. The van der Waals surface area contributed by atoms with Crippen molar-refractivity contribution in [3.8, 4) is 11.5 Å². The molecule has 0 radical (unpaired) electrons. The number of benzene rings is 2. The smallest absolute Gasteiger partial charge is 0.248 e. The summed E-state index contributed by atoms with van der Waals surface area (Å²) in [4.78, 5) is 11.9. The SMILES string of the molecule is CCCOc1ccc(/C=C/C(=O)Nc2cc(C)ccc2O)cc1. The Morgan fingerprint density at radius 1 is 1.22 bits per heavy atom. The van der Waals surface area contributed by atoms with Gasteiger partial charge in [-0.25, -0.2) is 0 Å².